The third-order valence-electron chi connectivity index (χ3n) is 3.47. The summed E-state index contributed by atoms with van der Waals surface area (Å²) in [5.74, 6) is 0.0688. The minimum absolute atomic E-state index is 0.0603. The highest BCUT2D eigenvalue weighted by Crippen LogP contribution is 2.18. The van der Waals surface area contributed by atoms with Crippen LogP contribution in [0, 0.1) is 5.41 Å². The Bertz CT molecular complexity index is 438. The lowest BCUT2D eigenvalue weighted by Gasteiger charge is -2.31. The van der Waals surface area contributed by atoms with E-state index < -0.39 is 0 Å². The molecule has 0 heterocycles. The Kier molecular flexibility index (Phi) is 5.57. The molecular weight excluding hydrogens is 250 g/mol. The molecule has 0 saturated heterocycles. The van der Waals surface area contributed by atoms with Gasteiger partial charge >= 0.3 is 0 Å². The van der Waals surface area contributed by atoms with Gasteiger partial charge in [0.1, 0.15) is 0 Å². The predicted octanol–water partition coefficient (Wildman–Crippen LogP) is 2.20. The Morgan fingerprint density at radius 1 is 1.20 bits per heavy atom. The zero-order valence-corrected chi connectivity index (χ0v) is 13.3. The summed E-state index contributed by atoms with van der Waals surface area (Å²) in [5, 5.41) is 0. The quantitative estimate of drug-likeness (QED) is 0.867. The number of carbonyl (C=O) groups is 1. The van der Waals surface area contributed by atoms with Crippen LogP contribution in [0.1, 0.15) is 31.1 Å². The lowest BCUT2D eigenvalue weighted by atomic mass is 9.93. The first-order valence-corrected chi connectivity index (χ1v) is 7.07. The van der Waals surface area contributed by atoms with Gasteiger partial charge in [-0.2, -0.15) is 0 Å². The Morgan fingerprint density at radius 2 is 1.75 bits per heavy atom. The Balaban J connectivity index is 2.86. The molecule has 2 N–H and O–H groups in total. The molecule has 20 heavy (non-hydrogen) atoms. The summed E-state index contributed by atoms with van der Waals surface area (Å²) in [6.07, 6.45) is 0. The number of nitrogens with zero attached hydrogens (tertiary/aromatic N) is 2. The number of rotatable bonds is 6. The number of amides is 1. The van der Waals surface area contributed by atoms with Crippen LogP contribution in [-0.4, -0.2) is 44.5 Å². The summed E-state index contributed by atoms with van der Waals surface area (Å²) >= 11 is 0. The minimum atomic E-state index is -0.0603. The number of anilines is 1. The molecule has 0 aliphatic rings. The molecule has 0 aromatic heterocycles. The average molecular weight is 277 g/mol. The van der Waals surface area contributed by atoms with E-state index in [4.69, 9.17) is 5.73 Å². The van der Waals surface area contributed by atoms with Crippen molar-refractivity contribution in [3.8, 4) is 0 Å². The highest BCUT2D eigenvalue weighted by Gasteiger charge is 2.23. The molecule has 0 saturated carbocycles. The van der Waals surface area contributed by atoms with Crippen LogP contribution in [0.2, 0.25) is 0 Å². The first-order chi connectivity index (χ1) is 9.30. The predicted molar refractivity (Wildman–Crippen MR) is 85.2 cm³/mol. The first kappa shape index (κ1) is 16.5. The molecule has 1 aromatic rings. The van der Waals surface area contributed by atoms with E-state index in [1.165, 1.54) is 0 Å². The summed E-state index contributed by atoms with van der Waals surface area (Å²) in [7, 11) is 3.97. The molecule has 112 valence electrons. The van der Waals surface area contributed by atoms with E-state index in [9.17, 15) is 4.79 Å². The molecule has 0 radical (unpaired) electrons. The molecule has 0 spiro atoms. The van der Waals surface area contributed by atoms with E-state index in [0.717, 1.165) is 11.3 Å². The molecule has 4 nitrogen and oxygen atoms in total. The van der Waals surface area contributed by atoms with E-state index >= 15 is 0 Å². The molecule has 0 aliphatic carbocycles. The van der Waals surface area contributed by atoms with Crippen molar-refractivity contribution in [1.82, 2.24) is 4.90 Å². The zero-order chi connectivity index (χ0) is 15.3. The second-order valence-corrected chi connectivity index (χ2v) is 6.13. The molecule has 1 rings (SSSR count). The van der Waals surface area contributed by atoms with Crippen molar-refractivity contribution >= 4 is 11.6 Å². The number of hydrogen-bond acceptors (Lipinski definition) is 3. The lowest BCUT2D eigenvalue weighted by molar-refractivity contribution is 0.0701. The van der Waals surface area contributed by atoms with Crippen molar-refractivity contribution in [3.05, 3.63) is 29.8 Å². The van der Waals surface area contributed by atoms with Gasteiger partial charge in [0.05, 0.1) is 0 Å². The Hall–Kier alpha value is -1.55. The van der Waals surface area contributed by atoms with Gasteiger partial charge in [0.2, 0.25) is 0 Å². The van der Waals surface area contributed by atoms with Crippen molar-refractivity contribution in [3.63, 3.8) is 0 Å². The molecule has 0 bridgehead atoms. The number of nitrogens with two attached hydrogens (primary N) is 1. The first-order valence-electron chi connectivity index (χ1n) is 7.07. The fourth-order valence-electron chi connectivity index (χ4n) is 1.99. The average Bonchev–Trinajstić information content (AvgIpc) is 2.44. The van der Waals surface area contributed by atoms with Crippen LogP contribution in [0.25, 0.3) is 0 Å². The maximum absolute atomic E-state index is 12.5. The maximum Gasteiger partial charge on any atom is 0.253 e. The molecule has 0 atom stereocenters. The molecule has 1 amide bonds. The van der Waals surface area contributed by atoms with Crippen molar-refractivity contribution in [2.24, 2.45) is 11.1 Å². The minimum Gasteiger partial charge on any atom is -0.378 e. The fourth-order valence-corrected chi connectivity index (χ4v) is 1.99. The summed E-state index contributed by atoms with van der Waals surface area (Å²) in [6, 6.07) is 7.70. The van der Waals surface area contributed by atoms with E-state index in [-0.39, 0.29) is 11.3 Å². The van der Waals surface area contributed by atoms with Gasteiger partial charge in [-0.25, -0.2) is 0 Å². The lowest BCUT2D eigenvalue weighted by Crippen LogP contribution is -2.41. The molecule has 0 aliphatic heterocycles. The van der Waals surface area contributed by atoms with E-state index in [1.54, 1.807) is 0 Å². The number of benzene rings is 1. The van der Waals surface area contributed by atoms with Crippen molar-refractivity contribution in [1.29, 1.82) is 0 Å². The summed E-state index contributed by atoms with van der Waals surface area (Å²) < 4.78 is 0. The topological polar surface area (TPSA) is 49.6 Å². The summed E-state index contributed by atoms with van der Waals surface area (Å²) in [4.78, 5) is 16.4. The van der Waals surface area contributed by atoms with Gasteiger partial charge < -0.3 is 15.5 Å². The Morgan fingerprint density at radius 3 is 2.15 bits per heavy atom. The van der Waals surface area contributed by atoms with Crippen molar-refractivity contribution in [2.75, 3.05) is 38.6 Å². The van der Waals surface area contributed by atoms with Gasteiger partial charge in [0.15, 0.2) is 0 Å². The highest BCUT2D eigenvalue weighted by atomic mass is 16.2. The van der Waals surface area contributed by atoms with Crippen molar-refractivity contribution < 1.29 is 4.79 Å². The SMILES string of the molecule is CCN(CC(C)(C)CN)C(=O)c1ccc(N(C)C)cc1. The molecule has 0 fully saturated rings. The highest BCUT2D eigenvalue weighted by molar-refractivity contribution is 5.94. The van der Waals surface area contributed by atoms with Gasteiger partial charge in [0, 0.05) is 38.4 Å². The number of carbonyl (C=O) groups excluding carboxylic acids is 1. The van der Waals surface area contributed by atoms with Crippen LogP contribution in [0.5, 0.6) is 0 Å². The van der Waals surface area contributed by atoms with Gasteiger partial charge in [-0.05, 0) is 43.1 Å². The van der Waals surface area contributed by atoms with Crippen LogP contribution in [0.4, 0.5) is 5.69 Å². The largest absolute Gasteiger partial charge is 0.378 e. The van der Waals surface area contributed by atoms with Gasteiger partial charge in [-0.15, -0.1) is 0 Å². The van der Waals surface area contributed by atoms with Crippen LogP contribution in [0.3, 0.4) is 0 Å². The van der Waals surface area contributed by atoms with E-state index in [2.05, 4.69) is 13.8 Å². The van der Waals surface area contributed by atoms with Crippen LogP contribution < -0.4 is 10.6 Å². The van der Waals surface area contributed by atoms with Crippen LogP contribution in [-0.2, 0) is 0 Å². The van der Waals surface area contributed by atoms with E-state index in [0.29, 0.717) is 19.6 Å². The standard InChI is InChI=1S/C16H27N3O/c1-6-19(12-16(2,3)11-17)15(20)13-7-9-14(10-8-13)18(4)5/h7-10H,6,11-12,17H2,1-5H3. The maximum atomic E-state index is 12.5. The second-order valence-electron chi connectivity index (χ2n) is 6.13. The molecule has 4 heteroatoms. The van der Waals surface area contributed by atoms with Gasteiger partial charge in [-0.1, -0.05) is 13.8 Å². The van der Waals surface area contributed by atoms with Gasteiger partial charge in [-0.3, -0.25) is 4.79 Å². The zero-order valence-electron chi connectivity index (χ0n) is 13.3. The monoisotopic (exact) mass is 277 g/mol. The summed E-state index contributed by atoms with van der Waals surface area (Å²) in [6.45, 7) is 8.09. The van der Waals surface area contributed by atoms with Crippen LogP contribution in [0.15, 0.2) is 24.3 Å². The third kappa shape index (κ3) is 4.23. The number of hydrogen-bond donors (Lipinski definition) is 1. The van der Waals surface area contributed by atoms with Crippen LogP contribution >= 0.6 is 0 Å². The van der Waals surface area contributed by atoms with Crippen molar-refractivity contribution in [2.45, 2.75) is 20.8 Å². The third-order valence-corrected chi connectivity index (χ3v) is 3.47. The normalized spacial score (nSPS) is 11.3. The van der Waals surface area contributed by atoms with Gasteiger partial charge in [0.25, 0.3) is 5.91 Å². The van der Waals surface area contributed by atoms with E-state index in [1.807, 2.05) is 55.1 Å². The molecule has 0 unspecified atom stereocenters. The second kappa shape index (κ2) is 6.75. The molecule has 1 aromatic carbocycles. The smallest absolute Gasteiger partial charge is 0.253 e. The molecular formula is C16H27N3O. The Labute approximate surface area is 122 Å². The summed E-state index contributed by atoms with van der Waals surface area (Å²) in [5.41, 5.74) is 7.51. The fraction of sp³-hybridized carbons (Fsp3) is 0.562.